The molecule has 3 nitrogen and oxygen atoms in total. The maximum absolute atomic E-state index is 6.01. The number of rotatable bonds is 3. The van der Waals surface area contributed by atoms with Gasteiger partial charge in [-0.05, 0) is 50.2 Å². The summed E-state index contributed by atoms with van der Waals surface area (Å²) in [5, 5.41) is 0. The predicted octanol–water partition coefficient (Wildman–Crippen LogP) is 3.19. The molecule has 0 spiro atoms. The number of anilines is 1. The van der Waals surface area contributed by atoms with Crippen LogP contribution in [0.5, 0.6) is 0 Å². The van der Waals surface area contributed by atoms with Gasteiger partial charge in [-0.1, -0.05) is 19.8 Å². The Labute approximate surface area is 122 Å². The molecule has 0 saturated carbocycles. The minimum absolute atomic E-state index is 0.614. The molecule has 3 rings (SSSR count). The highest BCUT2D eigenvalue weighted by Crippen LogP contribution is 2.31. The summed E-state index contributed by atoms with van der Waals surface area (Å²) in [5.41, 5.74) is 10.0. The maximum atomic E-state index is 6.01. The topological polar surface area (TPSA) is 42.2 Å². The van der Waals surface area contributed by atoms with Crippen molar-refractivity contribution in [2.24, 2.45) is 5.73 Å². The number of nitrogens with zero attached hydrogens (tertiary/aromatic N) is 2. The van der Waals surface area contributed by atoms with Crippen LogP contribution in [-0.4, -0.2) is 17.6 Å². The minimum atomic E-state index is 0.614. The first kappa shape index (κ1) is 13.9. The summed E-state index contributed by atoms with van der Waals surface area (Å²) in [4.78, 5) is 7.60. The van der Waals surface area contributed by atoms with Crippen LogP contribution < -0.4 is 10.6 Å². The summed E-state index contributed by atoms with van der Waals surface area (Å²) in [6.45, 7) is 4.07. The van der Waals surface area contributed by atoms with Crippen LogP contribution in [0.1, 0.15) is 62.3 Å². The third kappa shape index (κ3) is 2.56. The number of hydrogen-bond donors (Lipinski definition) is 1. The van der Waals surface area contributed by atoms with Gasteiger partial charge in [0.05, 0.1) is 0 Å². The molecule has 2 aliphatic rings. The van der Waals surface area contributed by atoms with Crippen molar-refractivity contribution in [1.82, 2.24) is 4.98 Å². The molecular formula is C17H27N3. The standard InChI is InChI=1S/C17H27N3/c1-2-15-8-4-3-5-10-20(15)17-14(12-18)11-13-7-6-9-16(13)19-17/h11,15H,2-10,12,18H2,1H3. The maximum Gasteiger partial charge on any atom is 0.133 e. The molecule has 1 fully saturated rings. The summed E-state index contributed by atoms with van der Waals surface area (Å²) < 4.78 is 0. The second-order valence-electron chi connectivity index (χ2n) is 6.24. The van der Waals surface area contributed by atoms with Crippen molar-refractivity contribution in [3.8, 4) is 0 Å². The predicted molar refractivity (Wildman–Crippen MR) is 84.0 cm³/mol. The van der Waals surface area contributed by atoms with E-state index in [1.807, 2.05) is 0 Å². The van der Waals surface area contributed by atoms with Crippen molar-refractivity contribution in [1.29, 1.82) is 0 Å². The Morgan fingerprint density at radius 1 is 1.25 bits per heavy atom. The molecule has 2 heterocycles. The third-order valence-corrected chi connectivity index (χ3v) is 4.95. The van der Waals surface area contributed by atoms with E-state index in [-0.39, 0.29) is 0 Å². The fourth-order valence-electron chi connectivity index (χ4n) is 3.79. The highest BCUT2D eigenvalue weighted by molar-refractivity contribution is 5.52. The molecule has 2 N–H and O–H groups in total. The van der Waals surface area contributed by atoms with Gasteiger partial charge in [0.1, 0.15) is 5.82 Å². The molecule has 1 aliphatic heterocycles. The fourth-order valence-corrected chi connectivity index (χ4v) is 3.79. The summed E-state index contributed by atoms with van der Waals surface area (Å²) in [7, 11) is 0. The molecular weight excluding hydrogens is 246 g/mol. The van der Waals surface area contributed by atoms with Crippen LogP contribution in [0.3, 0.4) is 0 Å². The quantitative estimate of drug-likeness (QED) is 0.919. The van der Waals surface area contributed by atoms with Crippen molar-refractivity contribution >= 4 is 5.82 Å². The average Bonchev–Trinajstić information content (AvgIpc) is 2.80. The van der Waals surface area contributed by atoms with E-state index in [2.05, 4.69) is 17.9 Å². The number of hydrogen-bond acceptors (Lipinski definition) is 3. The van der Waals surface area contributed by atoms with E-state index in [0.29, 0.717) is 12.6 Å². The number of nitrogens with two attached hydrogens (primary N) is 1. The van der Waals surface area contributed by atoms with Crippen LogP contribution >= 0.6 is 0 Å². The second-order valence-corrected chi connectivity index (χ2v) is 6.24. The van der Waals surface area contributed by atoms with Crippen LogP contribution in [0.25, 0.3) is 0 Å². The van der Waals surface area contributed by atoms with Crippen LogP contribution in [0, 0.1) is 0 Å². The van der Waals surface area contributed by atoms with Crippen LogP contribution in [0.4, 0.5) is 5.82 Å². The SMILES string of the molecule is CCC1CCCCCN1c1nc2c(cc1CN)CCC2. The van der Waals surface area contributed by atoms with Crippen molar-refractivity contribution in [2.75, 3.05) is 11.4 Å². The highest BCUT2D eigenvalue weighted by atomic mass is 15.2. The summed E-state index contributed by atoms with van der Waals surface area (Å²) in [6, 6.07) is 2.98. The van der Waals surface area contributed by atoms with Crippen LogP contribution in [0.15, 0.2) is 6.07 Å². The van der Waals surface area contributed by atoms with Gasteiger partial charge in [0.15, 0.2) is 0 Å². The lowest BCUT2D eigenvalue weighted by Crippen LogP contribution is -2.36. The van der Waals surface area contributed by atoms with Gasteiger partial charge in [-0.25, -0.2) is 4.98 Å². The largest absolute Gasteiger partial charge is 0.353 e. The molecule has 3 heteroatoms. The van der Waals surface area contributed by atoms with Gasteiger partial charge < -0.3 is 10.6 Å². The Morgan fingerprint density at radius 3 is 2.95 bits per heavy atom. The van der Waals surface area contributed by atoms with Crippen molar-refractivity contribution < 1.29 is 0 Å². The first-order valence-electron chi connectivity index (χ1n) is 8.32. The average molecular weight is 273 g/mol. The Hall–Kier alpha value is -1.09. The Bertz CT molecular complexity index is 470. The highest BCUT2D eigenvalue weighted by Gasteiger charge is 2.25. The zero-order valence-electron chi connectivity index (χ0n) is 12.7. The number of aryl methyl sites for hydroxylation is 2. The molecule has 1 aromatic rings. The van der Waals surface area contributed by atoms with Crippen molar-refractivity contribution in [3.63, 3.8) is 0 Å². The Balaban J connectivity index is 1.98. The molecule has 0 aromatic carbocycles. The summed E-state index contributed by atoms with van der Waals surface area (Å²) in [6.07, 6.45) is 10.1. The number of pyridine rings is 1. The van der Waals surface area contributed by atoms with E-state index in [4.69, 9.17) is 10.7 Å². The van der Waals surface area contributed by atoms with Gasteiger partial charge in [-0.3, -0.25) is 0 Å². The smallest absolute Gasteiger partial charge is 0.133 e. The van der Waals surface area contributed by atoms with Gasteiger partial charge >= 0.3 is 0 Å². The van der Waals surface area contributed by atoms with Gasteiger partial charge in [0.2, 0.25) is 0 Å². The lowest BCUT2D eigenvalue weighted by molar-refractivity contribution is 0.550. The van der Waals surface area contributed by atoms with Crippen molar-refractivity contribution in [3.05, 3.63) is 22.9 Å². The molecule has 1 aromatic heterocycles. The van der Waals surface area contributed by atoms with E-state index in [0.717, 1.165) is 13.0 Å². The normalized spacial score (nSPS) is 22.7. The first-order valence-corrected chi connectivity index (χ1v) is 8.32. The molecule has 20 heavy (non-hydrogen) atoms. The van der Waals surface area contributed by atoms with Gasteiger partial charge in [-0.2, -0.15) is 0 Å². The fraction of sp³-hybridized carbons (Fsp3) is 0.706. The molecule has 1 saturated heterocycles. The van der Waals surface area contributed by atoms with E-state index in [1.54, 1.807) is 0 Å². The Morgan fingerprint density at radius 2 is 2.15 bits per heavy atom. The second kappa shape index (κ2) is 6.13. The molecule has 0 bridgehead atoms. The van der Waals surface area contributed by atoms with Crippen molar-refractivity contribution in [2.45, 2.75) is 70.9 Å². The van der Waals surface area contributed by atoms with Crippen LogP contribution in [0.2, 0.25) is 0 Å². The number of fused-ring (bicyclic) bond motifs is 1. The zero-order chi connectivity index (χ0) is 13.9. The van der Waals surface area contributed by atoms with E-state index in [1.165, 1.54) is 67.6 Å². The minimum Gasteiger partial charge on any atom is -0.353 e. The lowest BCUT2D eigenvalue weighted by Gasteiger charge is -2.32. The van der Waals surface area contributed by atoms with Gasteiger partial charge in [-0.15, -0.1) is 0 Å². The van der Waals surface area contributed by atoms with Gasteiger partial charge in [0, 0.05) is 30.4 Å². The molecule has 0 radical (unpaired) electrons. The molecule has 1 unspecified atom stereocenters. The first-order chi connectivity index (χ1) is 9.83. The Kier molecular flexibility index (Phi) is 4.25. The zero-order valence-corrected chi connectivity index (χ0v) is 12.7. The lowest BCUT2D eigenvalue weighted by atomic mass is 10.1. The molecule has 1 atom stereocenters. The molecule has 0 amide bonds. The third-order valence-electron chi connectivity index (χ3n) is 4.95. The van der Waals surface area contributed by atoms with Crippen LogP contribution in [-0.2, 0) is 19.4 Å². The summed E-state index contributed by atoms with van der Waals surface area (Å²) >= 11 is 0. The van der Waals surface area contributed by atoms with E-state index in [9.17, 15) is 0 Å². The summed E-state index contributed by atoms with van der Waals surface area (Å²) in [5.74, 6) is 1.20. The number of aromatic nitrogens is 1. The molecule has 1 aliphatic carbocycles. The van der Waals surface area contributed by atoms with E-state index >= 15 is 0 Å². The van der Waals surface area contributed by atoms with Gasteiger partial charge in [0.25, 0.3) is 0 Å². The molecule has 110 valence electrons. The van der Waals surface area contributed by atoms with E-state index < -0.39 is 0 Å². The monoisotopic (exact) mass is 273 g/mol.